The summed E-state index contributed by atoms with van der Waals surface area (Å²) in [6.45, 7) is 7.11. The van der Waals surface area contributed by atoms with Crippen LogP contribution in [-0.2, 0) is 0 Å². The Balaban J connectivity index is 2.13. The zero-order valence-corrected chi connectivity index (χ0v) is 14.1. The molecule has 5 heteroatoms. The number of rotatable bonds is 6. The molecule has 1 aliphatic rings. The van der Waals surface area contributed by atoms with E-state index in [1.165, 1.54) is 18.4 Å². The molecule has 0 bridgehead atoms. The van der Waals surface area contributed by atoms with Crippen molar-refractivity contribution < 1.29 is 9.90 Å². The van der Waals surface area contributed by atoms with Crippen molar-refractivity contribution in [1.29, 1.82) is 0 Å². The smallest absolute Gasteiger partial charge is 0.405 e. The Morgan fingerprint density at radius 2 is 1.91 bits per heavy atom. The van der Waals surface area contributed by atoms with Crippen molar-refractivity contribution in [2.24, 2.45) is 0 Å². The lowest BCUT2D eigenvalue weighted by atomic mass is 9.85. The third kappa shape index (κ3) is 5.18. The summed E-state index contributed by atoms with van der Waals surface area (Å²) in [6.07, 6.45) is 2.30. The molecule has 1 amide bonds. The van der Waals surface area contributed by atoms with Gasteiger partial charge in [0, 0.05) is 17.1 Å². The molecule has 1 unspecified atom stereocenters. The fraction of sp³-hybridized carbons (Fsp3) is 0.588. The molecule has 2 N–H and O–H groups in total. The molecule has 0 spiro atoms. The zero-order chi connectivity index (χ0) is 16.2. The molecule has 1 aromatic carbocycles. The topological polar surface area (TPSA) is 52.6 Å². The normalized spacial score (nSPS) is 17.4. The number of carboxylic acid groups (broad SMARTS) is 1. The van der Waals surface area contributed by atoms with Crippen molar-refractivity contribution in [1.82, 2.24) is 10.2 Å². The van der Waals surface area contributed by atoms with Gasteiger partial charge in [-0.05, 0) is 69.8 Å². The van der Waals surface area contributed by atoms with Gasteiger partial charge in [-0.15, -0.1) is 0 Å². The quantitative estimate of drug-likeness (QED) is 0.833. The van der Waals surface area contributed by atoms with Gasteiger partial charge in [-0.3, -0.25) is 0 Å². The third-order valence-corrected chi connectivity index (χ3v) is 4.47. The first-order valence-corrected chi connectivity index (χ1v) is 8.22. The van der Waals surface area contributed by atoms with Gasteiger partial charge in [0.25, 0.3) is 0 Å². The van der Waals surface area contributed by atoms with Gasteiger partial charge < -0.3 is 15.3 Å². The van der Waals surface area contributed by atoms with Gasteiger partial charge in [0.15, 0.2) is 0 Å². The van der Waals surface area contributed by atoms with Crippen LogP contribution < -0.4 is 5.32 Å². The fourth-order valence-electron chi connectivity index (χ4n) is 3.26. The molecule has 1 aliphatic heterocycles. The lowest BCUT2D eigenvalue weighted by molar-refractivity contribution is 0.177. The minimum atomic E-state index is -0.971. The average Bonchev–Trinajstić information content (AvgIpc) is 2.90. The highest BCUT2D eigenvalue weighted by atomic mass is 35.5. The summed E-state index contributed by atoms with van der Waals surface area (Å²) in [5, 5.41) is 12.4. The van der Waals surface area contributed by atoms with Gasteiger partial charge in [0.1, 0.15) is 0 Å². The van der Waals surface area contributed by atoms with Crippen LogP contribution in [0.4, 0.5) is 4.79 Å². The Hall–Kier alpha value is -1.26. The predicted octanol–water partition coefficient (Wildman–Crippen LogP) is 3.96. The van der Waals surface area contributed by atoms with Crippen LogP contribution in [0.3, 0.4) is 0 Å². The summed E-state index contributed by atoms with van der Waals surface area (Å²) in [7, 11) is 0. The van der Waals surface area contributed by atoms with E-state index >= 15 is 0 Å². The van der Waals surface area contributed by atoms with Gasteiger partial charge in [-0.2, -0.15) is 0 Å². The van der Waals surface area contributed by atoms with E-state index in [9.17, 15) is 4.79 Å². The number of nitrogens with one attached hydrogen (secondary N) is 1. The van der Waals surface area contributed by atoms with Crippen molar-refractivity contribution in [3.63, 3.8) is 0 Å². The van der Waals surface area contributed by atoms with Crippen molar-refractivity contribution in [2.75, 3.05) is 19.6 Å². The molecule has 1 atom stereocenters. The van der Waals surface area contributed by atoms with Crippen LogP contribution in [0.1, 0.15) is 44.6 Å². The minimum absolute atomic E-state index is 0.289. The number of benzene rings is 1. The number of amides is 1. The highest BCUT2D eigenvalue weighted by Gasteiger charge is 2.28. The third-order valence-electron chi connectivity index (χ3n) is 4.22. The largest absolute Gasteiger partial charge is 0.465 e. The Bertz CT molecular complexity index is 496. The number of hydrogen-bond acceptors (Lipinski definition) is 2. The van der Waals surface area contributed by atoms with E-state index in [1.54, 1.807) is 0 Å². The molecule has 122 valence electrons. The van der Waals surface area contributed by atoms with Gasteiger partial charge >= 0.3 is 6.09 Å². The summed E-state index contributed by atoms with van der Waals surface area (Å²) < 4.78 is 0. The van der Waals surface area contributed by atoms with Crippen LogP contribution in [0.5, 0.6) is 0 Å². The standard InChI is InChI=1S/C17H25ClN2O2/c1-17(2,19-16(21)22)11-14(12-20-9-3-4-10-20)13-5-7-15(18)8-6-13/h5-8,14,19H,3-4,9-12H2,1-2H3,(H,21,22). The molecule has 0 radical (unpaired) electrons. The Morgan fingerprint density at radius 1 is 1.32 bits per heavy atom. The summed E-state index contributed by atoms with van der Waals surface area (Å²) in [5.74, 6) is 0.289. The summed E-state index contributed by atoms with van der Waals surface area (Å²) in [6, 6.07) is 7.93. The first kappa shape index (κ1) is 17.1. The molecule has 1 heterocycles. The molecular formula is C17H25ClN2O2. The Morgan fingerprint density at radius 3 is 2.45 bits per heavy atom. The van der Waals surface area contributed by atoms with Crippen LogP contribution in [-0.4, -0.2) is 41.3 Å². The van der Waals surface area contributed by atoms with E-state index in [1.807, 2.05) is 26.0 Å². The monoisotopic (exact) mass is 324 g/mol. The molecule has 0 aromatic heterocycles. The average molecular weight is 325 g/mol. The van der Waals surface area contributed by atoms with Crippen LogP contribution in [0.15, 0.2) is 24.3 Å². The van der Waals surface area contributed by atoms with E-state index in [0.717, 1.165) is 31.1 Å². The fourth-order valence-corrected chi connectivity index (χ4v) is 3.38. The predicted molar refractivity (Wildman–Crippen MR) is 89.7 cm³/mol. The lowest BCUT2D eigenvalue weighted by Gasteiger charge is -2.32. The Labute approximate surface area is 137 Å². The van der Waals surface area contributed by atoms with Gasteiger partial charge in [0.05, 0.1) is 0 Å². The maximum atomic E-state index is 11.0. The SMILES string of the molecule is CC(C)(CC(CN1CCCC1)c1ccc(Cl)cc1)NC(=O)O. The van der Waals surface area contributed by atoms with E-state index < -0.39 is 11.6 Å². The second kappa shape index (κ2) is 7.34. The molecule has 0 aliphatic carbocycles. The highest BCUT2D eigenvalue weighted by Crippen LogP contribution is 2.29. The summed E-state index contributed by atoms with van der Waals surface area (Å²) >= 11 is 5.99. The highest BCUT2D eigenvalue weighted by molar-refractivity contribution is 6.30. The van der Waals surface area contributed by atoms with Crippen LogP contribution in [0.2, 0.25) is 5.02 Å². The van der Waals surface area contributed by atoms with Crippen LogP contribution in [0, 0.1) is 0 Å². The minimum Gasteiger partial charge on any atom is -0.465 e. The van der Waals surface area contributed by atoms with Crippen molar-refractivity contribution >= 4 is 17.7 Å². The van der Waals surface area contributed by atoms with Gasteiger partial charge in [-0.25, -0.2) is 4.79 Å². The molecule has 0 saturated carbocycles. The van der Waals surface area contributed by atoms with Crippen LogP contribution in [0.25, 0.3) is 0 Å². The number of hydrogen-bond donors (Lipinski definition) is 2. The number of nitrogens with zero attached hydrogens (tertiary/aromatic N) is 1. The van der Waals surface area contributed by atoms with Crippen molar-refractivity contribution in [3.8, 4) is 0 Å². The van der Waals surface area contributed by atoms with Crippen LogP contribution >= 0.6 is 11.6 Å². The Kier molecular flexibility index (Phi) is 5.70. The first-order valence-electron chi connectivity index (χ1n) is 7.85. The van der Waals surface area contributed by atoms with Crippen molar-refractivity contribution in [3.05, 3.63) is 34.9 Å². The van der Waals surface area contributed by atoms with Gasteiger partial charge in [-0.1, -0.05) is 23.7 Å². The summed E-state index contributed by atoms with van der Waals surface area (Å²) in [4.78, 5) is 13.5. The van der Waals surface area contributed by atoms with Crippen molar-refractivity contribution in [2.45, 2.75) is 44.6 Å². The van der Waals surface area contributed by atoms with E-state index in [-0.39, 0.29) is 5.92 Å². The van der Waals surface area contributed by atoms with Gasteiger partial charge in [0.2, 0.25) is 0 Å². The molecule has 1 fully saturated rings. The molecular weight excluding hydrogens is 300 g/mol. The maximum Gasteiger partial charge on any atom is 0.405 e. The number of likely N-dealkylation sites (tertiary alicyclic amines) is 1. The molecule has 2 rings (SSSR count). The number of halogens is 1. The number of carbonyl (C=O) groups is 1. The zero-order valence-electron chi connectivity index (χ0n) is 13.3. The summed E-state index contributed by atoms with van der Waals surface area (Å²) in [5.41, 5.74) is 0.757. The molecule has 4 nitrogen and oxygen atoms in total. The second-order valence-electron chi connectivity index (χ2n) is 6.77. The maximum absolute atomic E-state index is 11.0. The molecule has 22 heavy (non-hydrogen) atoms. The molecule has 1 saturated heterocycles. The lowest BCUT2D eigenvalue weighted by Crippen LogP contribution is -2.44. The first-order chi connectivity index (χ1) is 10.4. The second-order valence-corrected chi connectivity index (χ2v) is 7.21. The van der Waals surface area contributed by atoms with E-state index in [2.05, 4.69) is 22.3 Å². The van der Waals surface area contributed by atoms with E-state index in [4.69, 9.17) is 16.7 Å². The molecule has 1 aromatic rings. The van der Waals surface area contributed by atoms with E-state index in [0.29, 0.717) is 0 Å².